The second kappa shape index (κ2) is 5.26. The molecule has 5 nitrogen and oxygen atoms in total. The van der Waals surface area contributed by atoms with Gasteiger partial charge in [0.2, 0.25) is 6.23 Å². The van der Waals surface area contributed by atoms with Crippen LogP contribution in [0.25, 0.3) is 0 Å². The molecule has 0 aliphatic carbocycles. The van der Waals surface area contributed by atoms with Crippen LogP contribution >= 0.6 is 11.6 Å². The Morgan fingerprint density at radius 1 is 1.27 bits per heavy atom. The van der Waals surface area contributed by atoms with Crippen molar-refractivity contribution >= 4 is 28.9 Å². The van der Waals surface area contributed by atoms with Crippen molar-refractivity contribution in [2.45, 2.75) is 13.2 Å². The van der Waals surface area contributed by atoms with Gasteiger partial charge in [0.25, 0.3) is 5.91 Å². The predicted molar refractivity (Wildman–Crippen MR) is 86.7 cm³/mol. The lowest BCUT2D eigenvalue weighted by atomic mass is 10.0. The van der Waals surface area contributed by atoms with Crippen molar-refractivity contribution in [3.63, 3.8) is 0 Å². The van der Waals surface area contributed by atoms with E-state index in [0.29, 0.717) is 22.0 Å². The van der Waals surface area contributed by atoms with E-state index >= 15 is 0 Å². The van der Waals surface area contributed by atoms with E-state index in [4.69, 9.17) is 11.6 Å². The summed E-state index contributed by atoms with van der Waals surface area (Å²) in [5, 5.41) is 10.6. The van der Waals surface area contributed by atoms with Crippen LogP contribution in [0.15, 0.2) is 35.5 Å². The Bertz CT molecular complexity index is 795. The molecule has 22 heavy (non-hydrogen) atoms. The van der Waals surface area contributed by atoms with E-state index in [1.165, 1.54) is 4.90 Å². The zero-order valence-electron chi connectivity index (χ0n) is 12.5. The van der Waals surface area contributed by atoms with Gasteiger partial charge in [-0.1, -0.05) is 29.8 Å². The first kappa shape index (κ1) is 14.8. The number of carbonyl (C=O) groups is 1. The Morgan fingerprint density at radius 3 is 2.64 bits per heavy atom. The number of aliphatic imine (C=N–C) groups is 1. The first-order valence-electron chi connectivity index (χ1n) is 6.86. The Hall–Kier alpha value is -2.11. The minimum atomic E-state index is -1.44. The van der Waals surface area contributed by atoms with Crippen molar-refractivity contribution in [2.75, 3.05) is 11.9 Å². The third-order valence-corrected chi connectivity index (χ3v) is 4.32. The molecule has 0 radical (unpaired) electrons. The van der Waals surface area contributed by atoms with E-state index in [9.17, 15) is 9.90 Å². The molecule has 2 aromatic rings. The van der Waals surface area contributed by atoms with Crippen molar-refractivity contribution in [3.8, 4) is 0 Å². The minimum absolute atomic E-state index is 0.464. The fourth-order valence-corrected chi connectivity index (χ4v) is 2.87. The summed E-state index contributed by atoms with van der Waals surface area (Å²) in [5.41, 5.74) is 3.69. The molecule has 0 saturated heterocycles. The molecule has 1 aromatic heterocycles. The Kier molecular flexibility index (Phi) is 3.54. The molecule has 1 unspecified atom stereocenters. The van der Waals surface area contributed by atoms with Crippen molar-refractivity contribution < 1.29 is 9.90 Å². The molecule has 1 aliphatic rings. The number of carbonyl (C=O) groups excluding carboxylic acids is 1. The number of hydrogen-bond donors (Lipinski definition) is 1. The van der Waals surface area contributed by atoms with Gasteiger partial charge in [-0.05, 0) is 13.0 Å². The maximum absolute atomic E-state index is 12.2. The molecule has 0 spiro atoms. The molecule has 1 aromatic carbocycles. The third kappa shape index (κ3) is 2.14. The van der Waals surface area contributed by atoms with Gasteiger partial charge in [-0.3, -0.25) is 4.79 Å². The normalized spacial score (nSPS) is 18.0. The van der Waals surface area contributed by atoms with Gasteiger partial charge in [0, 0.05) is 42.1 Å². The number of amides is 1. The highest BCUT2D eigenvalue weighted by atomic mass is 35.5. The number of fused-ring (bicyclic) bond motifs is 1. The summed E-state index contributed by atoms with van der Waals surface area (Å²) in [6, 6.07) is 7.28. The maximum Gasteiger partial charge on any atom is 0.278 e. The zero-order chi connectivity index (χ0) is 16.0. The summed E-state index contributed by atoms with van der Waals surface area (Å²) < 4.78 is 1.93. The van der Waals surface area contributed by atoms with Gasteiger partial charge in [-0.15, -0.1) is 0 Å². The Morgan fingerprint density at radius 2 is 1.95 bits per heavy atom. The molecule has 6 heteroatoms. The minimum Gasteiger partial charge on any atom is -0.364 e. The largest absolute Gasteiger partial charge is 0.364 e. The summed E-state index contributed by atoms with van der Waals surface area (Å²) in [7, 11) is 3.54. The van der Waals surface area contributed by atoms with Crippen LogP contribution in [0.3, 0.4) is 0 Å². The van der Waals surface area contributed by atoms with Gasteiger partial charge in [0.1, 0.15) is 0 Å². The summed E-state index contributed by atoms with van der Waals surface area (Å²) in [4.78, 5) is 17.9. The summed E-state index contributed by atoms with van der Waals surface area (Å²) >= 11 is 6.29. The molecular weight excluding hydrogens is 302 g/mol. The predicted octanol–water partition coefficient (Wildman–Crippen LogP) is 2.12. The molecule has 0 bridgehead atoms. The number of benzene rings is 1. The molecule has 0 fully saturated rings. The number of hydrogen-bond acceptors (Lipinski definition) is 3. The fraction of sp³-hybridized carbons (Fsp3) is 0.250. The third-order valence-electron chi connectivity index (χ3n) is 3.99. The van der Waals surface area contributed by atoms with E-state index in [-0.39, 0.29) is 0 Å². The first-order valence-corrected chi connectivity index (χ1v) is 7.24. The number of halogens is 1. The summed E-state index contributed by atoms with van der Waals surface area (Å²) in [5.74, 6) is -0.464. The molecule has 114 valence electrons. The van der Waals surface area contributed by atoms with E-state index < -0.39 is 12.1 Å². The molecule has 3 rings (SSSR count). The van der Waals surface area contributed by atoms with Gasteiger partial charge in [0.15, 0.2) is 0 Å². The van der Waals surface area contributed by atoms with Crippen molar-refractivity contribution in [1.29, 1.82) is 0 Å². The van der Waals surface area contributed by atoms with Crippen LogP contribution in [0.5, 0.6) is 0 Å². The molecule has 1 amide bonds. The highest BCUT2D eigenvalue weighted by Gasteiger charge is 2.31. The van der Waals surface area contributed by atoms with E-state index in [1.54, 1.807) is 13.1 Å². The lowest BCUT2D eigenvalue weighted by Crippen LogP contribution is -2.34. The number of rotatable bonds is 1. The standard InChI is InChI=1S/C16H16ClN3O2/c1-9-13-12(8-19(9)2)20(3)16(22)15(21)18-14(13)10-6-4-5-7-11(10)17/h4-8,15,21H,1-3H3. The molecule has 1 aliphatic heterocycles. The number of aliphatic hydroxyl groups excluding tert-OH is 1. The number of anilines is 1. The fourth-order valence-electron chi connectivity index (χ4n) is 2.64. The van der Waals surface area contributed by atoms with E-state index in [2.05, 4.69) is 4.99 Å². The van der Waals surface area contributed by atoms with Gasteiger partial charge in [0.05, 0.1) is 11.4 Å². The molecule has 1 atom stereocenters. The zero-order valence-corrected chi connectivity index (χ0v) is 13.3. The van der Waals surface area contributed by atoms with Crippen LogP contribution in [-0.4, -0.2) is 34.6 Å². The highest BCUT2D eigenvalue weighted by molar-refractivity contribution is 6.36. The molecule has 1 N–H and O–H groups in total. The van der Waals surface area contributed by atoms with Gasteiger partial charge >= 0.3 is 0 Å². The number of aryl methyl sites for hydroxylation is 1. The van der Waals surface area contributed by atoms with Crippen LogP contribution in [0, 0.1) is 6.92 Å². The van der Waals surface area contributed by atoms with Crippen molar-refractivity contribution in [1.82, 2.24) is 4.57 Å². The van der Waals surface area contributed by atoms with Crippen LogP contribution < -0.4 is 4.90 Å². The summed E-state index contributed by atoms with van der Waals surface area (Å²) in [6.07, 6.45) is 0.417. The summed E-state index contributed by atoms with van der Waals surface area (Å²) in [6.45, 7) is 1.95. The molecular formula is C16H16ClN3O2. The Balaban J connectivity index is 2.33. The number of nitrogens with zero attached hydrogens (tertiary/aromatic N) is 3. The monoisotopic (exact) mass is 317 g/mol. The second-order valence-electron chi connectivity index (χ2n) is 5.31. The average Bonchev–Trinajstić information content (AvgIpc) is 2.75. The average molecular weight is 318 g/mol. The van der Waals surface area contributed by atoms with Crippen molar-refractivity contribution in [2.24, 2.45) is 12.0 Å². The SMILES string of the molecule is Cc1c2c(cn1C)N(C)C(=O)C(O)N=C2c1ccccc1Cl. The first-order chi connectivity index (χ1) is 10.4. The van der Waals surface area contributed by atoms with Crippen LogP contribution in [-0.2, 0) is 11.8 Å². The van der Waals surface area contributed by atoms with Gasteiger partial charge in [-0.2, -0.15) is 0 Å². The van der Waals surface area contributed by atoms with Crippen LogP contribution in [0.2, 0.25) is 5.02 Å². The maximum atomic E-state index is 12.2. The number of aliphatic hydroxyl groups is 1. The topological polar surface area (TPSA) is 57.8 Å². The molecule has 0 saturated carbocycles. The van der Waals surface area contributed by atoms with E-state index in [1.807, 2.05) is 42.9 Å². The Labute approximate surface area is 133 Å². The van der Waals surface area contributed by atoms with Crippen molar-refractivity contribution in [3.05, 3.63) is 52.3 Å². The van der Waals surface area contributed by atoms with E-state index in [0.717, 1.165) is 11.3 Å². The van der Waals surface area contributed by atoms with Gasteiger partial charge < -0.3 is 14.6 Å². The molecule has 2 heterocycles. The second-order valence-corrected chi connectivity index (χ2v) is 5.72. The smallest absolute Gasteiger partial charge is 0.278 e. The van der Waals surface area contributed by atoms with Crippen LogP contribution in [0.1, 0.15) is 16.8 Å². The number of likely N-dealkylation sites (N-methyl/N-ethyl adjacent to an activating group) is 1. The van der Waals surface area contributed by atoms with Gasteiger partial charge in [-0.25, -0.2) is 4.99 Å². The highest BCUT2D eigenvalue weighted by Crippen LogP contribution is 2.32. The quantitative estimate of drug-likeness (QED) is 0.876. The lowest BCUT2D eigenvalue weighted by Gasteiger charge is -2.15. The lowest BCUT2D eigenvalue weighted by molar-refractivity contribution is -0.125. The van der Waals surface area contributed by atoms with Crippen LogP contribution in [0.4, 0.5) is 5.69 Å². The number of aromatic nitrogens is 1.